The summed E-state index contributed by atoms with van der Waals surface area (Å²) in [5.41, 5.74) is 1.27. The van der Waals surface area contributed by atoms with Crippen molar-refractivity contribution in [2.24, 2.45) is 5.92 Å². The molecule has 7 nitrogen and oxygen atoms in total. The van der Waals surface area contributed by atoms with E-state index in [9.17, 15) is 9.59 Å². The molecule has 1 heterocycles. The number of amides is 1. The Morgan fingerprint density at radius 2 is 2.15 bits per heavy atom. The Morgan fingerprint density at radius 1 is 1.37 bits per heavy atom. The standard InChI is InChI=1S/C20H30N2O5/c1-14(2)11-22-7-8-26-17(12-22)10-21-19(23)13-27-20(24)16-6-5-15(3)18(9-16)25-4/h5-6,9,14,17H,7-8,10-13H2,1-4H3,(H,21,23)/t17-/m1/s1. The van der Waals surface area contributed by atoms with Crippen LogP contribution in [0.2, 0.25) is 0 Å². The molecule has 27 heavy (non-hydrogen) atoms. The summed E-state index contributed by atoms with van der Waals surface area (Å²) in [6, 6.07) is 5.03. The number of hydrogen-bond donors (Lipinski definition) is 1. The molecular formula is C20H30N2O5. The number of carbonyl (C=O) groups is 2. The average molecular weight is 378 g/mol. The zero-order valence-electron chi connectivity index (χ0n) is 16.6. The third-order valence-corrected chi connectivity index (χ3v) is 4.35. The first-order chi connectivity index (χ1) is 12.9. The lowest BCUT2D eigenvalue weighted by atomic mass is 10.1. The van der Waals surface area contributed by atoms with Crippen molar-refractivity contribution in [2.75, 3.05) is 46.5 Å². The number of morpholine rings is 1. The normalized spacial score (nSPS) is 17.6. The summed E-state index contributed by atoms with van der Waals surface area (Å²) in [5.74, 6) is 0.305. The summed E-state index contributed by atoms with van der Waals surface area (Å²) >= 11 is 0. The maximum absolute atomic E-state index is 12.1. The third kappa shape index (κ3) is 6.84. The fourth-order valence-electron chi connectivity index (χ4n) is 3.03. The van der Waals surface area contributed by atoms with Crippen LogP contribution in [-0.4, -0.2) is 69.4 Å². The molecule has 1 aromatic carbocycles. The second kappa shape index (κ2) is 10.3. The van der Waals surface area contributed by atoms with Crippen molar-refractivity contribution in [1.82, 2.24) is 10.2 Å². The number of carbonyl (C=O) groups excluding carboxylic acids is 2. The number of aryl methyl sites for hydroxylation is 1. The van der Waals surface area contributed by atoms with Gasteiger partial charge < -0.3 is 19.5 Å². The fourth-order valence-corrected chi connectivity index (χ4v) is 3.03. The Hall–Kier alpha value is -2.12. The van der Waals surface area contributed by atoms with Crippen molar-refractivity contribution in [2.45, 2.75) is 26.9 Å². The molecular weight excluding hydrogens is 348 g/mol. The van der Waals surface area contributed by atoms with Crippen molar-refractivity contribution in [1.29, 1.82) is 0 Å². The molecule has 1 amide bonds. The van der Waals surface area contributed by atoms with E-state index in [0.29, 0.717) is 30.4 Å². The van der Waals surface area contributed by atoms with Crippen molar-refractivity contribution in [3.8, 4) is 5.75 Å². The zero-order chi connectivity index (χ0) is 19.8. The van der Waals surface area contributed by atoms with Crippen molar-refractivity contribution in [3.63, 3.8) is 0 Å². The van der Waals surface area contributed by atoms with Crippen molar-refractivity contribution < 1.29 is 23.8 Å². The van der Waals surface area contributed by atoms with Gasteiger partial charge in [-0.3, -0.25) is 9.69 Å². The number of nitrogens with one attached hydrogen (secondary N) is 1. The van der Waals surface area contributed by atoms with Crippen LogP contribution in [0.1, 0.15) is 29.8 Å². The molecule has 1 aliphatic heterocycles. The minimum Gasteiger partial charge on any atom is -0.496 e. The summed E-state index contributed by atoms with van der Waals surface area (Å²) < 4.78 is 16.0. The van der Waals surface area contributed by atoms with Gasteiger partial charge in [-0.25, -0.2) is 4.79 Å². The molecule has 1 aromatic rings. The molecule has 0 bridgehead atoms. The summed E-state index contributed by atoms with van der Waals surface area (Å²) in [5, 5.41) is 2.77. The van der Waals surface area contributed by atoms with Crippen LogP contribution in [0, 0.1) is 12.8 Å². The summed E-state index contributed by atoms with van der Waals surface area (Å²) in [6.45, 7) is 9.73. The molecule has 0 aromatic heterocycles. The van der Waals surface area contributed by atoms with E-state index in [2.05, 4.69) is 24.1 Å². The number of nitrogens with zero attached hydrogens (tertiary/aromatic N) is 1. The van der Waals surface area contributed by atoms with E-state index in [4.69, 9.17) is 14.2 Å². The highest BCUT2D eigenvalue weighted by atomic mass is 16.5. The number of benzene rings is 1. The lowest BCUT2D eigenvalue weighted by Crippen LogP contribution is -2.48. The summed E-state index contributed by atoms with van der Waals surface area (Å²) in [6.07, 6.45) is -0.0430. The number of ether oxygens (including phenoxy) is 3. The molecule has 0 aliphatic carbocycles. The van der Waals surface area contributed by atoms with Crippen LogP contribution >= 0.6 is 0 Å². The van der Waals surface area contributed by atoms with Crippen molar-refractivity contribution >= 4 is 11.9 Å². The van der Waals surface area contributed by atoms with E-state index in [0.717, 1.165) is 25.2 Å². The lowest BCUT2D eigenvalue weighted by Gasteiger charge is -2.33. The van der Waals surface area contributed by atoms with Crippen LogP contribution in [0.5, 0.6) is 5.75 Å². The van der Waals surface area contributed by atoms with E-state index in [1.54, 1.807) is 25.3 Å². The lowest BCUT2D eigenvalue weighted by molar-refractivity contribution is -0.125. The van der Waals surface area contributed by atoms with Gasteiger partial charge in [0.25, 0.3) is 5.91 Å². The average Bonchev–Trinajstić information content (AvgIpc) is 2.64. The summed E-state index contributed by atoms with van der Waals surface area (Å²) in [4.78, 5) is 26.4. The zero-order valence-corrected chi connectivity index (χ0v) is 16.6. The predicted molar refractivity (Wildman–Crippen MR) is 102 cm³/mol. The SMILES string of the molecule is COc1cc(C(=O)OCC(=O)NC[C@@H]2CN(CC(C)C)CCO2)ccc1C. The minimum atomic E-state index is -0.555. The monoisotopic (exact) mass is 378 g/mol. The molecule has 2 rings (SSSR count). The maximum atomic E-state index is 12.1. The van der Waals surface area contributed by atoms with Crippen LogP contribution in [0.3, 0.4) is 0 Å². The topological polar surface area (TPSA) is 77.1 Å². The highest BCUT2D eigenvalue weighted by Gasteiger charge is 2.21. The van der Waals surface area contributed by atoms with Gasteiger partial charge in [-0.05, 0) is 30.5 Å². The van der Waals surface area contributed by atoms with Gasteiger partial charge in [0, 0.05) is 26.2 Å². The molecule has 1 fully saturated rings. The van der Waals surface area contributed by atoms with Gasteiger partial charge in [0.1, 0.15) is 5.75 Å². The first-order valence-electron chi connectivity index (χ1n) is 9.31. The van der Waals surface area contributed by atoms with E-state index in [1.807, 2.05) is 6.92 Å². The quantitative estimate of drug-likeness (QED) is 0.693. The van der Waals surface area contributed by atoms with E-state index in [-0.39, 0.29) is 18.6 Å². The Balaban J connectivity index is 1.73. The van der Waals surface area contributed by atoms with Crippen LogP contribution in [0.4, 0.5) is 0 Å². The van der Waals surface area contributed by atoms with Gasteiger partial charge in [0.05, 0.1) is 25.4 Å². The smallest absolute Gasteiger partial charge is 0.338 e. The molecule has 0 spiro atoms. The van der Waals surface area contributed by atoms with E-state index < -0.39 is 5.97 Å². The minimum absolute atomic E-state index is 0.0430. The van der Waals surface area contributed by atoms with Crippen LogP contribution in [-0.2, 0) is 14.3 Å². The molecule has 0 unspecified atom stereocenters. The van der Waals surface area contributed by atoms with Gasteiger partial charge >= 0.3 is 5.97 Å². The van der Waals surface area contributed by atoms with E-state index in [1.165, 1.54) is 0 Å². The maximum Gasteiger partial charge on any atom is 0.338 e. The summed E-state index contributed by atoms with van der Waals surface area (Å²) in [7, 11) is 1.54. The number of esters is 1. The Labute approximate surface area is 161 Å². The molecule has 1 aliphatic rings. The fraction of sp³-hybridized carbons (Fsp3) is 0.600. The molecule has 0 saturated carbocycles. The van der Waals surface area contributed by atoms with Crippen LogP contribution < -0.4 is 10.1 Å². The first kappa shape index (κ1) is 21.2. The molecule has 1 saturated heterocycles. The highest BCUT2D eigenvalue weighted by molar-refractivity contribution is 5.91. The highest BCUT2D eigenvalue weighted by Crippen LogP contribution is 2.19. The van der Waals surface area contributed by atoms with Gasteiger partial charge in [0.15, 0.2) is 6.61 Å². The van der Waals surface area contributed by atoms with Gasteiger partial charge in [-0.2, -0.15) is 0 Å². The second-order valence-electron chi connectivity index (χ2n) is 7.21. The Bertz CT molecular complexity index is 647. The van der Waals surface area contributed by atoms with Crippen LogP contribution in [0.15, 0.2) is 18.2 Å². The van der Waals surface area contributed by atoms with Crippen LogP contribution in [0.25, 0.3) is 0 Å². The molecule has 1 atom stereocenters. The van der Waals surface area contributed by atoms with Gasteiger partial charge in [-0.1, -0.05) is 19.9 Å². The molecule has 1 N–H and O–H groups in total. The first-order valence-corrected chi connectivity index (χ1v) is 9.31. The Morgan fingerprint density at radius 3 is 2.85 bits per heavy atom. The van der Waals surface area contributed by atoms with Gasteiger partial charge in [0.2, 0.25) is 0 Å². The molecule has 7 heteroatoms. The van der Waals surface area contributed by atoms with Gasteiger partial charge in [-0.15, -0.1) is 0 Å². The largest absolute Gasteiger partial charge is 0.496 e. The second-order valence-corrected chi connectivity index (χ2v) is 7.21. The third-order valence-electron chi connectivity index (χ3n) is 4.35. The molecule has 0 radical (unpaired) electrons. The number of rotatable bonds is 8. The predicted octanol–water partition coefficient (Wildman–Crippen LogP) is 1.63. The Kier molecular flexibility index (Phi) is 8.06. The number of methoxy groups -OCH3 is 1. The van der Waals surface area contributed by atoms with E-state index >= 15 is 0 Å². The molecule has 150 valence electrons. The number of hydrogen-bond acceptors (Lipinski definition) is 6. The van der Waals surface area contributed by atoms with Crippen molar-refractivity contribution in [3.05, 3.63) is 29.3 Å².